The minimum atomic E-state index is 0.0197. The predicted octanol–water partition coefficient (Wildman–Crippen LogP) is 2.48. The number of thiazole rings is 1. The summed E-state index contributed by atoms with van der Waals surface area (Å²) in [6, 6.07) is 8.40. The van der Waals surface area contributed by atoms with Crippen molar-refractivity contribution in [1.82, 2.24) is 4.98 Å². The van der Waals surface area contributed by atoms with Crippen molar-refractivity contribution in [1.29, 1.82) is 0 Å². The quantitative estimate of drug-likeness (QED) is 0.932. The molecule has 0 aliphatic carbocycles. The Hall–Kier alpha value is -1.43. The lowest BCUT2D eigenvalue weighted by Gasteiger charge is -2.15. The van der Waals surface area contributed by atoms with Gasteiger partial charge in [-0.2, -0.15) is 0 Å². The highest BCUT2D eigenvalue weighted by Gasteiger charge is 2.23. The largest absolute Gasteiger partial charge is 0.391 e. The van der Waals surface area contributed by atoms with Crippen LogP contribution in [0.25, 0.3) is 0 Å². The van der Waals surface area contributed by atoms with Gasteiger partial charge in [0.15, 0.2) is 5.13 Å². The summed E-state index contributed by atoms with van der Waals surface area (Å²) in [5, 5.41) is 10.3. The molecule has 0 spiro atoms. The molecule has 2 aromatic rings. The number of hydrogen-bond acceptors (Lipinski definition) is 5. The van der Waals surface area contributed by atoms with Gasteiger partial charge in [-0.1, -0.05) is 29.5 Å². The second-order valence-corrected chi connectivity index (χ2v) is 5.55. The van der Waals surface area contributed by atoms with Gasteiger partial charge in [0.1, 0.15) is 0 Å². The molecule has 4 nitrogen and oxygen atoms in total. The van der Waals surface area contributed by atoms with Gasteiger partial charge >= 0.3 is 0 Å². The first-order valence-corrected chi connectivity index (χ1v) is 7.09. The second-order valence-electron chi connectivity index (χ2n) is 4.49. The van der Waals surface area contributed by atoms with Crippen LogP contribution in [0.1, 0.15) is 16.1 Å². The summed E-state index contributed by atoms with van der Waals surface area (Å²) in [6.45, 7) is 1.41. The topological polar surface area (TPSA) is 45.6 Å². The monoisotopic (exact) mass is 276 g/mol. The van der Waals surface area contributed by atoms with E-state index in [1.165, 1.54) is 11.3 Å². The lowest BCUT2D eigenvalue weighted by atomic mass is 10.2. The highest BCUT2D eigenvalue weighted by molar-refractivity contribution is 7.15. The first-order valence-electron chi connectivity index (χ1n) is 6.27. The molecule has 0 fully saturated rings. The molecule has 100 valence electrons. The van der Waals surface area contributed by atoms with Crippen molar-refractivity contribution in [2.24, 2.45) is 0 Å². The van der Waals surface area contributed by atoms with Crippen LogP contribution in [0.3, 0.4) is 0 Å². The summed E-state index contributed by atoms with van der Waals surface area (Å²) in [7, 11) is 1.64. The van der Waals surface area contributed by atoms with Crippen molar-refractivity contribution in [2.45, 2.75) is 19.6 Å². The van der Waals surface area contributed by atoms with Gasteiger partial charge in [-0.25, -0.2) is 4.98 Å². The maximum Gasteiger partial charge on any atom is 0.190 e. The third-order valence-electron chi connectivity index (χ3n) is 3.31. The van der Waals surface area contributed by atoms with Crippen LogP contribution >= 0.6 is 11.3 Å². The summed E-state index contributed by atoms with van der Waals surface area (Å²) in [5.41, 5.74) is 3.43. The average Bonchev–Trinajstić information content (AvgIpc) is 3.02. The molecule has 1 N–H and O–H groups in total. The highest BCUT2D eigenvalue weighted by atomic mass is 32.1. The van der Waals surface area contributed by atoms with Gasteiger partial charge in [-0.3, -0.25) is 0 Å². The van der Waals surface area contributed by atoms with E-state index in [0.717, 1.165) is 28.7 Å². The lowest BCUT2D eigenvalue weighted by Crippen LogP contribution is -2.12. The molecule has 0 radical (unpaired) electrons. The summed E-state index contributed by atoms with van der Waals surface area (Å²) in [6.07, 6.45) is 1.05. The number of rotatable bonds is 4. The number of aliphatic hydroxyl groups excluding tert-OH is 1. The molecular weight excluding hydrogens is 260 g/mol. The number of ether oxygens (including phenoxy) is 1. The van der Waals surface area contributed by atoms with Crippen LogP contribution in [-0.2, 0) is 24.4 Å². The van der Waals surface area contributed by atoms with E-state index in [1.807, 2.05) is 6.07 Å². The van der Waals surface area contributed by atoms with Crippen molar-refractivity contribution in [3.63, 3.8) is 0 Å². The Morgan fingerprint density at radius 3 is 3.05 bits per heavy atom. The smallest absolute Gasteiger partial charge is 0.190 e. The Labute approximate surface area is 116 Å². The summed E-state index contributed by atoms with van der Waals surface area (Å²) >= 11 is 1.55. The number of benzene rings is 1. The van der Waals surface area contributed by atoms with Crippen LogP contribution in [0, 0.1) is 0 Å². The molecule has 1 aromatic carbocycles. The van der Waals surface area contributed by atoms with Crippen molar-refractivity contribution in [3.05, 3.63) is 40.4 Å². The molecule has 3 rings (SSSR count). The summed E-state index contributed by atoms with van der Waals surface area (Å²) in [5.74, 6) is 0. The number of hydrogen-bond donors (Lipinski definition) is 1. The molecule has 1 aliphatic heterocycles. The molecule has 0 unspecified atom stereocenters. The summed E-state index contributed by atoms with van der Waals surface area (Å²) < 4.78 is 5.13. The number of para-hydroxylation sites is 1. The number of aliphatic hydroxyl groups is 1. The maximum atomic E-state index is 9.39. The van der Waals surface area contributed by atoms with E-state index in [0.29, 0.717) is 6.61 Å². The molecule has 1 aromatic heterocycles. The molecule has 0 amide bonds. The summed E-state index contributed by atoms with van der Waals surface area (Å²) in [4.78, 5) is 7.72. The zero-order valence-corrected chi connectivity index (χ0v) is 11.6. The zero-order valence-electron chi connectivity index (χ0n) is 10.8. The Bertz CT molecular complexity index is 583. The fourth-order valence-electron chi connectivity index (χ4n) is 2.40. The predicted molar refractivity (Wildman–Crippen MR) is 75.9 cm³/mol. The lowest BCUT2D eigenvalue weighted by molar-refractivity contribution is 0.179. The molecule has 0 atom stereocenters. The minimum absolute atomic E-state index is 0.0197. The number of methoxy groups -OCH3 is 1. The van der Waals surface area contributed by atoms with Crippen molar-refractivity contribution < 1.29 is 9.84 Å². The Morgan fingerprint density at radius 2 is 2.26 bits per heavy atom. The third-order valence-corrected chi connectivity index (χ3v) is 4.42. The first kappa shape index (κ1) is 12.6. The Kier molecular flexibility index (Phi) is 3.50. The molecule has 0 saturated heterocycles. The second kappa shape index (κ2) is 5.28. The SMILES string of the molecule is COCc1nc(N2CCc3ccccc32)sc1CO. The van der Waals surface area contributed by atoms with Crippen LogP contribution in [0.5, 0.6) is 0 Å². The average molecular weight is 276 g/mol. The zero-order chi connectivity index (χ0) is 13.2. The van der Waals surface area contributed by atoms with Crippen molar-refractivity contribution in [3.8, 4) is 0 Å². The van der Waals surface area contributed by atoms with E-state index in [2.05, 4.69) is 28.1 Å². The number of nitrogens with zero attached hydrogens (tertiary/aromatic N) is 2. The van der Waals surface area contributed by atoms with E-state index >= 15 is 0 Å². The van der Waals surface area contributed by atoms with Gasteiger partial charge in [0, 0.05) is 19.3 Å². The van der Waals surface area contributed by atoms with Crippen LogP contribution in [0.15, 0.2) is 24.3 Å². The van der Waals surface area contributed by atoms with Crippen molar-refractivity contribution >= 4 is 22.2 Å². The standard InChI is InChI=1S/C14H16N2O2S/c1-18-9-11-13(8-17)19-14(15-11)16-7-6-10-4-2-3-5-12(10)16/h2-5,17H,6-9H2,1H3. The van der Waals surface area contributed by atoms with Gasteiger partial charge in [0.2, 0.25) is 0 Å². The molecule has 2 heterocycles. The number of anilines is 2. The van der Waals surface area contributed by atoms with Gasteiger partial charge < -0.3 is 14.7 Å². The normalized spacial score (nSPS) is 13.9. The van der Waals surface area contributed by atoms with E-state index in [9.17, 15) is 5.11 Å². The molecular formula is C14H16N2O2S. The fourth-order valence-corrected chi connectivity index (χ4v) is 3.36. The molecule has 1 aliphatic rings. The van der Waals surface area contributed by atoms with Crippen molar-refractivity contribution in [2.75, 3.05) is 18.6 Å². The maximum absolute atomic E-state index is 9.39. The van der Waals surface area contributed by atoms with Gasteiger partial charge in [-0.15, -0.1) is 0 Å². The first-order chi connectivity index (χ1) is 9.33. The fraction of sp³-hybridized carbons (Fsp3) is 0.357. The highest BCUT2D eigenvalue weighted by Crippen LogP contribution is 2.37. The van der Waals surface area contributed by atoms with E-state index in [4.69, 9.17) is 4.74 Å². The van der Waals surface area contributed by atoms with Crippen LogP contribution in [-0.4, -0.2) is 23.7 Å². The van der Waals surface area contributed by atoms with E-state index < -0.39 is 0 Å². The Morgan fingerprint density at radius 1 is 1.42 bits per heavy atom. The number of aromatic nitrogens is 1. The third kappa shape index (κ3) is 2.25. The number of fused-ring (bicyclic) bond motifs is 1. The molecule has 5 heteroatoms. The molecule has 19 heavy (non-hydrogen) atoms. The van der Waals surface area contributed by atoms with Gasteiger partial charge in [-0.05, 0) is 18.1 Å². The minimum Gasteiger partial charge on any atom is -0.391 e. The van der Waals surface area contributed by atoms with Gasteiger partial charge in [0.25, 0.3) is 0 Å². The molecule has 0 bridgehead atoms. The van der Waals surface area contributed by atoms with E-state index in [-0.39, 0.29) is 6.61 Å². The van der Waals surface area contributed by atoms with Crippen LogP contribution in [0.2, 0.25) is 0 Å². The van der Waals surface area contributed by atoms with Gasteiger partial charge in [0.05, 0.1) is 23.8 Å². The van der Waals surface area contributed by atoms with E-state index in [1.54, 1.807) is 18.4 Å². The Balaban J connectivity index is 1.95. The molecule has 0 saturated carbocycles. The van der Waals surface area contributed by atoms with Crippen LogP contribution < -0.4 is 4.90 Å². The van der Waals surface area contributed by atoms with Crippen LogP contribution in [0.4, 0.5) is 10.8 Å².